The zero-order valence-corrected chi connectivity index (χ0v) is 7.08. The molecular weight excluding hydrogens is 178 g/mol. The summed E-state index contributed by atoms with van der Waals surface area (Å²) >= 11 is -2.36. The summed E-state index contributed by atoms with van der Waals surface area (Å²) in [5, 5.41) is 4.03. The fourth-order valence-electron chi connectivity index (χ4n) is 0.496. The topological polar surface area (TPSA) is 118 Å². The Kier molecular flexibility index (Phi) is 5.02. The zero-order valence-electron chi connectivity index (χ0n) is 6.27. The van der Waals surface area contributed by atoms with Crippen molar-refractivity contribution in [1.82, 2.24) is 0 Å². The van der Waals surface area contributed by atoms with Gasteiger partial charge in [0.25, 0.3) is 0 Å². The molecule has 1 unspecified atom stereocenters. The Balaban J connectivity index is 0.000000261. The zero-order chi connectivity index (χ0) is 9.56. The number of benzene rings is 1. The van der Waals surface area contributed by atoms with Gasteiger partial charge >= 0.3 is 0 Å². The maximum absolute atomic E-state index is 8.78. The first kappa shape index (κ1) is 10.9. The van der Waals surface area contributed by atoms with E-state index in [1.165, 1.54) is 0 Å². The summed E-state index contributed by atoms with van der Waals surface area (Å²) in [6.45, 7) is 0. The lowest BCUT2D eigenvalue weighted by Gasteiger charge is -1.90. The monoisotopic (exact) mass is 188 g/mol. The summed E-state index contributed by atoms with van der Waals surface area (Å²) in [5.74, 6) is 0. The minimum absolute atomic E-state index is 0.749. The second kappa shape index (κ2) is 5.53. The molecule has 1 rings (SSSR count). The van der Waals surface area contributed by atoms with Crippen LogP contribution in [0.15, 0.2) is 24.3 Å². The van der Waals surface area contributed by atoms with Crippen molar-refractivity contribution in [3.63, 3.8) is 0 Å². The first-order valence-corrected chi connectivity index (χ1v) is 4.11. The van der Waals surface area contributed by atoms with E-state index in [9.17, 15) is 0 Å². The van der Waals surface area contributed by atoms with Crippen LogP contribution in [-0.2, 0) is 11.3 Å². The van der Waals surface area contributed by atoms with E-state index in [1.54, 1.807) is 24.3 Å². The van der Waals surface area contributed by atoms with Gasteiger partial charge in [0.05, 0.1) is 0 Å². The smallest absolute Gasteiger partial charge is 0.0315 e. The van der Waals surface area contributed by atoms with Crippen LogP contribution < -0.4 is 16.6 Å². The van der Waals surface area contributed by atoms with Gasteiger partial charge in [0.2, 0.25) is 0 Å². The number of anilines is 2. The van der Waals surface area contributed by atoms with Gasteiger partial charge in [-0.2, -0.15) is 0 Å². The number of hydrogen-bond donors (Lipinski definition) is 3. The Labute approximate surface area is 73.0 Å². The van der Waals surface area contributed by atoms with E-state index in [4.69, 9.17) is 20.2 Å². The van der Waals surface area contributed by atoms with E-state index in [2.05, 4.69) is 5.14 Å². The average molecular weight is 188 g/mol. The fraction of sp³-hybridized carbons (Fsp3) is 0. The standard InChI is InChI=1S/C6H8N2.H3NO2S/c7-5-1-2-6(8)4-3-5;1-4(2)3/h1-4H,7-8H2;1H2,(H,2,3)/p-1. The summed E-state index contributed by atoms with van der Waals surface area (Å²) < 4.78 is 17.6. The second-order valence-electron chi connectivity index (χ2n) is 1.93. The summed E-state index contributed by atoms with van der Waals surface area (Å²) in [6, 6.07) is 7.09. The molecule has 0 aromatic heterocycles. The van der Waals surface area contributed by atoms with E-state index in [1.807, 2.05) is 0 Å². The Morgan fingerprint density at radius 2 is 1.25 bits per heavy atom. The molecule has 0 radical (unpaired) electrons. The third kappa shape index (κ3) is 7.00. The number of nitrogens with two attached hydrogens (primary N) is 3. The lowest BCUT2D eigenvalue weighted by Crippen LogP contribution is -1.97. The molecule has 1 aromatic carbocycles. The molecule has 0 saturated heterocycles. The summed E-state index contributed by atoms with van der Waals surface area (Å²) in [4.78, 5) is 0. The molecule has 6 N–H and O–H groups in total. The third-order valence-electron chi connectivity index (χ3n) is 0.936. The minimum Gasteiger partial charge on any atom is -0.760 e. The molecule has 68 valence electrons. The van der Waals surface area contributed by atoms with Crippen molar-refractivity contribution in [3.8, 4) is 0 Å². The van der Waals surface area contributed by atoms with Gasteiger partial charge in [-0.15, -0.1) is 0 Å². The molecule has 0 aliphatic carbocycles. The molecule has 0 bridgehead atoms. The molecule has 12 heavy (non-hydrogen) atoms. The van der Waals surface area contributed by atoms with E-state index >= 15 is 0 Å². The first-order valence-electron chi connectivity index (χ1n) is 2.97. The van der Waals surface area contributed by atoms with E-state index in [0.29, 0.717) is 0 Å². The van der Waals surface area contributed by atoms with Gasteiger partial charge in [-0.05, 0) is 24.3 Å². The second-order valence-corrected chi connectivity index (χ2v) is 2.45. The predicted octanol–water partition coefficient (Wildman–Crippen LogP) is -0.410. The van der Waals surface area contributed by atoms with Crippen LogP contribution in [0, 0.1) is 0 Å². The summed E-state index contributed by atoms with van der Waals surface area (Å²) in [7, 11) is 0. The number of rotatable bonds is 0. The molecular formula is C6H10N3O2S-. The third-order valence-corrected chi connectivity index (χ3v) is 0.936. The van der Waals surface area contributed by atoms with Gasteiger partial charge in [-0.1, -0.05) is 0 Å². The van der Waals surface area contributed by atoms with Gasteiger partial charge < -0.3 is 16.0 Å². The highest BCUT2D eigenvalue weighted by Gasteiger charge is 1.80. The van der Waals surface area contributed by atoms with Crippen LogP contribution in [0.1, 0.15) is 0 Å². The highest BCUT2D eigenvalue weighted by molar-refractivity contribution is 7.76. The molecule has 0 saturated carbocycles. The van der Waals surface area contributed by atoms with Crippen molar-refractivity contribution < 1.29 is 8.76 Å². The van der Waals surface area contributed by atoms with Crippen molar-refractivity contribution in [2.45, 2.75) is 0 Å². The molecule has 0 spiro atoms. The predicted molar refractivity (Wildman–Crippen MR) is 48.4 cm³/mol. The van der Waals surface area contributed by atoms with Gasteiger partial charge in [0, 0.05) is 22.6 Å². The molecule has 6 heteroatoms. The molecule has 0 amide bonds. The number of nitrogen functional groups attached to an aromatic ring is 2. The van der Waals surface area contributed by atoms with Gasteiger partial charge in [-0.3, -0.25) is 9.35 Å². The molecule has 0 fully saturated rings. The van der Waals surface area contributed by atoms with Crippen molar-refractivity contribution in [3.05, 3.63) is 24.3 Å². The van der Waals surface area contributed by atoms with Gasteiger partial charge in [0.15, 0.2) is 0 Å². The van der Waals surface area contributed by atoms with Crippen molar-refractivity contribution in [1.29, 1.82) is 0 Å². The molecule has 1 atom stereocenters. The Hall–Kier alpha value is -1.11. The maximum atomic E-state index is 8.78. The van der Waals surface area contributed by atoms with Crippen molar-refractivity contribution in [2.75, 3.05) is 11.5 Å². The maximum Gasteiger partial charge on any atom is 0.0315 e. The lowest BCUT2D eigenvalue weighted by molar-refractivity contribution is 0.539. The van der Waals surface area contributed by atoms with Gasteiger partial charge in [-0.25, -0.2) is 0 Å². The molecule has 0 heterocycles. The van der Waals surface area contributed by atoms with Crippen LogP contribution in [0.4, 0.5) is 11.4 Å². The van der Waals surface area contributed by atoms with Gasteiger partial charge in [0.1, 0.15) is 0 Å². The van der Waals surface area contributed by atoms with Crippen LogP contribution in [0.3, 0.4) is 0 Å². The van der Waals surface area contributed by atoms with Crippen LogP contribution >= 0.6 is 0 Å². The van der Waals surface area contributed by atoms with E-state index in [0.717, 1.165) is 11.4 Å². The molecule has 0 aliphatic heterocycles. The van der Waals surface area contributed by atoms with Crippen LogP contribution in [0.25, 0.3) is 0 Å². The lowest BCUT2D eigenvalue weighted by atomic mass is 10.3. The normalized spacial score (nSPS) is 11.2. The van der Waals surface area contributed by atoms with Crippen molar-refractivity contribution >= 4 is 22.6 Å². The fourth-order valence-corrected chi connectivity index (χ4v) is 0.496. The van der Waals surface area contributed by atoms with Crippen LogP contribution in [-0.4, -0.2) is 8.76 Å². The summed E-state index contributed by atoms with van der Waals surface area (Å²) in [5.41, 5.74) is 12.2. The molecule has 1 aromatic rings. The Morgan fingerprint density at radius 1 is 1.08 bits per heavy atom. The average Bonchev–Trinajstić information content (AvgIpc) is 1.94. The van der Waals surface area contributed by atoms with Crippen LogP contribution in [0.2, 0.25) is 0 Å². The first-order chi connectivity index (χ1) is 5.52. The van der Waals surface area contributed by atoms with Crippen molar-refractivity contribution in [2.24, 2.45) is 5.14 Å². The minimum atomic E-state index is -2.36. The molecule has 0 aliphatic rings. The Morgan fingerprint density at radius 3 is 1.42 bits per heavy atom. The summed E-state index contributed by atoms with van der Waals surface area (Å²) in [6.07, 6.45) is 0. The number of hydrogen-bond acceptors (Lipinski definition) is 4. The largest absolute Gasteiger partial charge is 0.760 e. The highest BCUT2D eigenvalue weighted by atomic mass is 32.2. The highest BCUT2D eigenvalue weighted by Crippen LogP contribution is 2.04. The SMILES string of the molecule is NS(=O)[O-].Nc1ccc(N)cc1. The van der Waals surface area contributed by atoms with E-state index in [-0.39, 0.29) is 0 Å². The molecule has 5 nitrogen and oxygen atoms in total. The quantitative estimate of drug-likeness (QED) is 0.378. The van der Waals surface area contributed by atoms with Crippen LogP contribution in [0.5, 0.6) is 0 Å². The van der Waals surface area contributed by atoms with E-state index < -0.39 is 11.3 Å². The Bertz CT molecular complexity index is 224.